The van der Waals surface area contributed by atoms with Gasteiger partial charge in [-0.3, -0.25) is 14.9 Å². The lowest BCUT2D eigenvalue weighted by Crippen LogP contribution is -2.24. The van der Waals surface area contributed by atoms with Gasteiger partial charge in [0.25, 0.3) is 0 Å². The van der Waals surface area contributed by atoms with E-state index in [1.165, 1.54) is 41.3 Å². The molecular weight excluding hydrogens is 439 g/mol. The standard InChI is InChI=1S/C21H19FN4O5S/c1-32(29,30)17-8-6-16(7-9-17)26-12-14(11-19(26)28)20-24-25-21(31-20)23-18(27)10-13-2-4-15(22)5-3-13/h2-9,14H,10-12H2,1H3,(H,23,25,27)/t14-/m0/s1. The molecule has 1 aliphatic heterocycles. The van der Waals surface area contributed by atoms with Gasteiger partial charge < -0.3 is 9.32 Å². The number of rotatable bonds is 6. The lowest BCUT2D eigenvalue weighted by atomic mass is 10.1. The van der Waals surface area contributed by atoms with Crippen LogP contribution in [0.1, 0.15) is 23.8 Å². The van der Waals surface area contributed by atoms with Crippen molar-refractivity contribution in [3.8, 4) is 0 Å². The summed E-state index contributed by atoms with van der Waals surface area (Å²) >= 11 is 0. The van der Waals surface area contributed by atoms with Crippen molar-refractivity contribution in [2.24, 2.45) is 0 Å². The first-order chi connectivity index (χ1) is 15.2. The maximum Gasteiger partial charge on any atom is 0.322 e. The van der Waals surface area contributed by atoms with Gasteiger partial charge in [-0.1, -0.05) is 17.2 Å². The van der Waals surface area contributed by atoms with Crippen LogP contribution in [0, 0.1) is 5.82 Å². The number of halogens is 1. The molecule has 1 atom stereocenters. The Morgan fingerprint density at radius 2 is 1.84 bits per heavy atom. The number of amides is 2. The SMILES string of the molecule is CS(=O)(=O)c1ccc(N2C[C@@H](c3nnc(NC(=O)Cc4ccc(F)cc4)o3)CC2=O)cc1. The summed E-state index contributed by atoms with van der Waals surface area (Å²) in [5.41, 5.74) is 1.19. The molecule has 2 heterocycles. The molecule has 1 fully saturated rings. The van der Waals surface area contributed by atoms with Gasteiger partial charge in [-0.05, 0) is 42.0 Å². The highest BCUT2D eigenvalue weighted by atomic mass is 32.2. The van der Waals surface area contributed by atoms with Gasteiger partial charge >= 0.3 is 6.01 Å². The number of aromatic nitrogens is 2. The first-order valence-corrected chi connectivity index (χ1v) is 11.6. The van der Waals surface area contributed by atoms with Gasteiger partial charge in [0.2, 0.25) is 17.7 Å². The fourth-order valence-corrected chi connectivity index (χ4v) is 4.03. The predicted molar refractivity (Wildman–Crippen MR) is 112 cm³/mol. The predicted octanol–water partition coefficient (Wildman–Crippen LogP) is 2.31. The van der Waals surface area contributed by atoms with Gasteiger partial charge in [0, 0.05) is 24.9 Å². The van der Waals surface area contributed by atoms with Crippen LogP contribution in [0.5, 0.6) is 0 Å². The molecule has 32 heavy (non-hydrogen) atoms. The molecular formula is C21H19FN4O5S. The van der Waals surface area contributed by atoms with Gasteiger partial charge in [-0.15, -0.1) is 5.10 Å². The summed E-state index contributed by atoms with van der Waals surface area (Å²) in [4.78, 5) is 26.3. The Bertz CT molecular complexity index is 1260. The van der Waals surface area contributed by atoms with Gasteiger partial charge in [0.1, 0.15) is 5.82 Å². The number of carbonyl (C=O) groups is 2. The number of nitrogens with zero attached hydrogens (tertiary/aromatic N) is 3. The lowest BCUT2D eigenvalue weighted by molar-refractivity contribution is -0.117. The number of benzene rings is 2. The van der Waals surface area contributed by atoms with E-state index in [0.29, 0.717) is 11.3 Å². The van der Waals surface area contributed by atoms with Gasteiger partial charge in [0.05, 0.1) is 17.2 Å². The molecule has 1 aliphatic rings. The molecule has 0 aliphatic carbocycles. The zero-order valence-corrected chi connectivity index (χ0v) is 17.8. The topological polar surface area (TPSA) is 122 Å². The second-order valence-electron chi connectivity index (χ2n) is 7.47. The smallest absolute Gasteiger partial charge is 0.322 e. The third kappa shape index (κ3) is 4.83. The zero-order chi connectivity index (χ0) is 22.9. The summed E-state index contributed by atoms with van der Waals surface area (Å²) in [6.45, 7) is 0.280. The number of anilines is 2. The molecule has 3 aromatic rings. The van der Waals surface area contributed by atoms with Gasteiger partial charge in [0.15, 0.2) is 9.84 Å². The molecule has 0 unspecified atom stereocenters. The molecule has 2 amide bonds. The van der Waals surface area contributed by atoms with Gasteiger partial charge in [-0.25, -0.2) is 12.8 Å². The Kier molecular flexibility index (Phi) is 5.74. The van der Waals surface area contributed by atoms with E-state index in [1.54, 1.807) is 12.1 Å². The maximum atomic E-state index is 13.0. The molecule has 0 radical (unpaired) electrons. The van der Waals surface area contributed by atoms with Crippen molar-refractivity contribution in [2.75, 3.05) is 23.0 Å². The Morgan fingerprint density at radius 3 is 2.50 bits per heavy atom. The molecule has 1 aromatic heterocycles. The summed E-state index contributed by atoms with van der Waals surface area (Å²) in [5.74, 6) is -1.11. The number of carbonyl (C=O) groups excluding carboxylic acids is 2. The second kappa shape index (κ2) is 8.50. The molecule has 4 rings (SSSR count). The largest absolute Gasteiger partial charge is 0.407 e. The van der Waals surface area contributed by atoms with E-state index in [2.05, 4.69) is 15.5 Å². The molecule has 166 valence electrons. The Hall–Kier alpha value is -3.60. The molecule has 0 saturated carbocycles. The van der Waals surface area contributed by atoms with Crippen LogP contribution < -0.4 is 10.2 Å². The Labute approximate surface area is 183 Å². The molecule has 2 aromatic carbocycles. The summed E-state index contributed by atoms with van der Waals surface area (Å²) in [5, 5.41) is 10.2. The highest BCUT2D eigenvalue weighted by Gasteiger charge is 2.35. The van der Waals surface area contributed by atoms with E-state index in [1.807, 2.05) is 0 Å². The highest BCUT2D eigenvalue weighted by Crippen LogP contribution is 2.32. The molecule has 9 nitrogen and oxygen atoms in total. The van der Waals surface area contributed by atoms with Crippen LogP contribution in [0.25, 0.3) is 0 Å². The van der Waals surface area contributed by atoms with Crippen molar-refractivity contribution in [1.82, 2.24) is 10.2 Å². The van der Waals surface area contributed by atoms with Crippen molar-refractivity contribution in [3.63, 3.8) is 0 Å². The maximum absolute atomic E-state index is 13.0. The van der Waals surface area contributed by atoms with E-state index in [-0.39, 0.29) is 53.8 Å². The third-order valence-electron chi connectivity index (χ3n) is 5.02. The van der Waals surface area contributed by atoms with Gasteiger partial charge in [-0.2, -0.15) is 0 Å². The summed E-state index contributed by atoms with van der Waals surface area (Å²) in [6, 6.07) is 11.5. The zero-order valence-electron chi connectivity index (χ0n) is 17.0. The third-order valence-corrected chi connectivity index (χ3v) is 6.14. The second-order valence-corrected chi connectivity index (χ2v) is 9.48. The summed E-state index contributed by atoms with van der Waals surface area (Å²) < 4.78 is 41.7. The quantitative estimate of drug-likeness (QED) is 0.601. The minimum absolute atomic E-state index is 0.0111. The van der Waals surface area contributed by atoms with Crippen LogP contribution >= 0.6 is 0 Å². The minimum atomic E-state index is -3.33. The van der Waals surface area contributed by atoms with Crippen LogP contribution in [0.4, 0.5) is 16.1 Å². The first-order valence-electron chi connectivity index (χ1n) is 9.67. The number of hydrogen-bond donors (Lipinski definition) is 1. The first kappa shape index (κ1) is 21.6. The molecule has 0 spiro atoms. The normalized spacial score (nSPS) is 16.4. The molecule has 1 saturated heterocycles. The van der Waals surface area contributed by atoms with Crippen LogP contribution in [0.3, 0.4) is 0 Å². The van der Waals surface area contributed by atoms with Crippen molar-refractivity contribution >= 4 is 33.4 Å². The average molecular weight is 458 g/mol. The molecule has 11 heteroatoms. The van der Waals surface area contributed by atoms with Crippen molar-refractivity contribution < 1.29 is 26.8 Å². The van der Waals surface area contributed by atoms with Crippen LogP contribution in [-0.4, -0.2) is 43.2 Å². The fourth-order valence-electron chi connectivity index (χ4n) is 3.40. The number of nitrogens with one attached hydrogen (secondary N) is 1. The minimum Gasteiger partial charge on any atom is -0.407 e. The molecule has 1 N–H and O–H groups in total. The van der Waals surface area contributed by atoms with Crippen LogP contribution in [0.2, 0.25) is 0 Å². The van der Waals surface area contributed by atoms with Crippen molar-refractivity contribution in [3.05, 3.63) is 65.8 Å². The highest BCUT2D eigenvalue weighted by molar-refractivity contribution is 7.90. The lowest BCUT2D eigenvalue weighted by Gasteiger charge is -2.16. The fraction of sp³-hybridized carbons (Fsp3) is 0.238. The van der Waals surface area contributed by atoms with E-state index in [9.17, 15) is 22.4 Å². The van der Waals surface area contributed by atoms with Crippen molar-refractivity contribution in [2.45, 2.75) is 23.7 Å². The van der Waals surface area contributed by atoms with E-state index >= 15 is 0 Å². The Morgan fingerprint density at radius 1 is 1.16 bits per heavy atom. The summed E-state index contributed by atoms with van der Waals surface area (Å²) in [7, 11) is -3.33. The van der Waals surface area contributed by atoms with Crippen LogP contribution in [-0.2, 0) is 25.8 Å². The number of hydrogen-bond acceptors (Lipinski definition) is 7. The van der Waals surface area contributed by atoms with E-state index in [4.69, 9.17) is 4.42 Å². The van der Waals surface area contributed by atoms with E-state index < -0.39 is 15.7 Å². The van der Waals surface area contributed by atoms with E-state index in [0.717, 1.165) is 6.26 Å². The average Bonchev–Trinajstić information content (AvgIpc) is 3.35. The summed E-state index contributed by atoms with van der Waals surface area (Å²) in [6.07, 6.45) is 1.26. The van der Waals surface area contributed by atoms with Crippen LogP contribution in [0.15, 0.2) is 57.8 Å². The Balaban J connectivity index is 1.39. The monoisotopic (exact) mass is 458 g/mol. The van der Waals surface area contributed by atoms with Crippen molar-refractivity contribution in [1.29, 1.82) is 0 Å². The molecule has 0 bridgehead atoms. The number of sulfone groups is 1.